The number of benzene rings is 2. The number of quaternary nitrogens is 1. The molecular formula is C20H27N2+. The van der Waals surface area contributed by atoms with Gasteiger partial charge in [-0.25, -0.2) is 0 Å². The van der Waals surface area contributed by atoms with Crippen molar-refractivity contribution in [2.75, 3.05) is 31.1 Å². The van der Waals surface area contributed by atoms with Crippen molar-refractivity contribution in [3.8, 4) is 0 Å². The zero-order valence-corrected chi connectivity index (χ0v) is 13.5. The van der Waals surface area contributed by atoms with Crippen LogP contribution in [0.4, 0.5) is 5.69 Å². The lowest BCUT2D eigenvalue weighted by Crippen LogP contribution is -3.18. The molecule has 1 atom stereocenters. The first-order valence-corrected chi connectivity index (χ1v) is 8.51. The van der Waals surface area contributed by atoms with E-state index < -0.39 is 0 Å². The van der Waals surface area contributed by atoms with Crippen molar-refractivity contribution >= 4 is 5.69 Å². The normalized spacial score (nSPS) is 17.4. The first-order valence-electron chi connectivity index (χ1n) is 8.51. The molecule has 22 heavy (non-hydrogen) atoms. The van der Waals surface area contributed by atoms with E-state index in [1.165, 1.54) is 50.3 Å². The Morgan fingerprint density at radius 3 is 2.14 bits per heavy atom. The van der Waals surface area contributed by atoms with Crippen LogP contribution in [-0.4, -0.2) is 32.2 Å². The molecule has 2 aromatic rings. The van der Waals surface area contributed by atoms with Gasteiger partial charge in [0.1, 0.15) is 0 Å². The molecule has 116 valence electrons. The third-order valence-corrected chi connectivity index (χ3v) is 4.93. The number of para-hydroxylation sites is 1. The Morgan fingerprint density at radius 1 is 0.909 bits per heavy atom. The van der Waals surface area contributed by atoms with E-state index in [1.54, 1.807) is 4.90 Å². The second-order valence-corrected chi connectivity index (χ2v) is 6.41. The summed E-state index contributed by atoms with van der Waals surface area (Å²) in [5.41, 5.74) is 2.84. The highest BCUT2D eigenvalue weighted by Crippen LogP contribution is 2.12. The van der Waals surface area contributed by atoms with Crippen LogP contribution in [0.15, 0.2) is 60.7 Å². The number of nitrogens with one attached hydrogen (secondary N) is 1. The molecule has 0 unspecified atom stereocenters. The zero-order valence-electron chi connectivity index (χ0n) is 13.5. The van der Waals surface area contributed by atoms with E-state index in [9.17, 15) is 0 Å². The van der Waals surface area contributed by atoms with Crippen LogP contribution in [0.5, 0.6) is 0 Å². The van der Waals surface area contributed by atoms with Gasteiger partial charge in [0.2, 0.25) is 0 Å². The van der Waals surface area contributed by atoms with Gasteiger partial charge in [0, 0.05) is 12.1 Å². The summed E-state index contributed by atoms with van der Waals surface area (Å²) in [5.74, 6) is 0. The number of rotatable bonds is 5. The minimum absolute atomic E-state index is 0.748. The van der Waals surface area contributed by atoms with E-state index in [0.29, 0.717) is 0 Å². The van der Waals surface area contributed by atoms with Crippen LogP contribution >= 0.6 is 0 Å². The monoisotopic (exact) mass is 295 g/mol. The van der Waals surface area contributed by atoms with E-state index in [-0.39, 0.29) is 0 Å². The molecule has 1 heterocycles. The maximum atomic E-state index is 2.52. The van der Waals surface area contributed by atoms with Crippen LogP contribution in [-0.2, 0) is 6.42 Å². The highest BCUT2D eigenvalue weighted by Gasteiger charge is 2.24. The highest BCUT2D eigenvalue weighted by atomic mass is 15.3. The van der Waals surface area contributed by atoms with Gasteiger partial charge in [0.15, 0.2) is 0 Å². The Bertz CT molecular complexity index is 544. The number of hydrogen-bond donors (Lipinski definition) is 1. The van der Waals surface area contributed by atoms with Crippen molar-refractivity contribution in [3.63, 3.8) is 0 Å². The summed E-state index contributed by atoms with van der Waals surface area (Å²) >= 11 is 0. The van der Waals surface area contributed by atoms with Crippen LogP contribution in [0.3, 0.4) is 0 Å². The Labute approximate surface area is 134 Å². The summed E-state index contributed by atoms with van der Waals surface area (Å²) in [6, 6.07) is 22.4. The van der Waals surface area contributed by atoms with Gasteiger partial charge < -0.3 is 9.80 Å². The molecule has 2 aromatic carbocycles. The molecule has 3 rings (SSSR count). The predicted octanol–water partition coefficient (Wildman–Crippen LogP) is 2.41. The Morgan fingerprint density at radius 2 is 1.50 bits per heavy atom. The summed E-state index contributed by atoms with van der Waals surface area (Å²) in [6.45, 7) is 7.27. The summed E-state index contributed by atoms with van der Waals surface area (Å²) in [7, 11) is 0. The SMILES string of the molecule is C[C@H](CCc1ccccc1)[NH+]1CCN(c2ccccc2)CC1. The van der Waals surface area contributed by atoms with Crippen molar-refractivity contribution in [3.05, 3.63) is 66.2 Å². The third kappa shape index (κ3) is 3.89. The van der Waals surface area contributed by atoms with E-state index in [2.05, 4.69) is 72.5 Å². The van der Waals surface area contributed by atoms with Crippen molar-refractivity contribution in [2.24, 2.45) is 0 Å². The standard InChI is InChI=1S/C20H26N2/c1-18(12-13-19-8-4-2-5-9-19)21-14-16-22(17-15-21)20-10-6-3-7-11-20/h2-11,18H,12-17H2,1H3/p+1/t18-/m1/s1. The predicted molar refractivity (Wildman–Crippen MR) is 93.6 cm³/mol. The maximum Gasteiger partial charge on any atom is 0.0951 e. The average molecular weight is 295 g/mol. The Balaban J connectivity index is 1.46. The number of nitrogens with zero attached hydrogens (tertiary/aromatic N) is 1. The summed E-state index contributed by atoms with van der Waals surface area (Å²) < 4.78 is 0. The lowest BCUT2D eigenvalue weighted by Gasteiger charge is -2.36. The topological polar surface area (TPSA) is 7.68 Å². The van der Waals surface area contributed by atoms with E-state index >= 15 is 0 Å². The average Bonchev–Trinajstić information content (AvgIpc) is 2.61. The molecule has 1 fully saturated rings. The Kier molecular flexibility index (Phi) is 5.12. The molecule has 0 bridgehead atoms. The van der Waals surface area contributed by atoms with Crippen molar-refractivity contribution in [1.82, 2.24) is 0 Å². The minimum Gasteiger partial charge on any atom is -0.360 e. The number of piperazine rings is 1. The number of aryl methyl sites for hydroxylation is 1. The molecule has 0 amide bonds. The largest absolute Gasteiger partial charge is 0.360 e. The second-order valence-electron chi connectivity index (χ2n) is 6.41. The smallest absolute Gasteiger partial charge is 0.0951 e. The van der Waals surface area contributed by atoms with Gasteiger partial charge >= 0.3 is 0 Å². The van der Waals surface area contributed by atoms with Crippen LogP contribution in [0.1, 0.15) is 18.9 Å². The van der Waals surface area contributed by atoms with Crippen molar-refractivity contribution in [2.45, 2.75) is 25.8 Å². The van der Waals surface area contributed by atoms with Crippen LogP contribution < -0.4 is 9.80 Å². The van der Waals surface area contributed by atoms with E-state index in [0.717, 1.165) is 6.04 Å². The lowest BCUT2D eigenvalue weighted by atomic mass is 10.0. The molecule has 0 aromatic heterocycles. The van der Waals surface area contributed by atoms with Crippen molar-refractivity contribution < 1.29 is 4.90 Å². The molecular weight excluding hydrogens is 268 g/mol. The fourth-order valence-electron chi connectivity index (χ4n) is 3.42. The van der Waals surface area contributed by atoms with Gasteiger partial charge in [-0.2, -0.15) is 0 Å². The van der Waals surface area contributed by atoms with Gasteiger partial charge in [-0.05, 0) is 31.0 Å². The molecule has 0 radical (unpaired) electrons. The fraction of sp³-hybridized carbons (Fsp3) is 0.400. The summed E-state index contributed by atoms with van der Waals surface area (Å²) in [5, 5.41) is 0. The van der Waals surface area contributed by atoms with E-state index in [4.69, 9.17) is 0 Å². The quantitative estimate of drug-likeness (QED) is 0.890. The first-order chi connectivity index (χ1) is 10.8. The molecule has 2 nitrogen and oxygen atoms in total. The van der Waals surface area contributed by atoms with Gasteiger partial charge in [-0.15, -0.1) is 0 Å². The molecule has 1 aliphatic heterocycles. The summed E-state index contributed by atoms with van der Waals surface area (Å²) in [4.78, 5) is 4.29. The van der Waals surface area contributed by atoms with Crippen LogP contribution in [0.2, 0.25) is 0 Å². The lowest BCUT2D eigenvalue weighted by molar-refractivity contribution is -0.924. The number of hydrogen-bond acceptors (Lipinski definition) is 1. The first kappa shape index (κ1) is 15.1. The van der Waals surface area contributed by atoms with Gasteiger partial charge in [-0.1, -0.05) is 48.5 Å². The molecule has 0 saturated carbocycles. The van der Waals surface area contributed by atoms with Gasteiger partial charge in [0.05, 0.1) is 32.2 Å². The second kappa shape index (κ2) is 7.46. The zero-order chi connectivity index (χ0) is 15.2. The van der Waals surface area contributed by atoms with E-state index in [1.807, 2.05) is 0 Å². The summed E-state index contributed by atoms with van der Waals surface area (Å²) in [6.07, 6.45) is 2.48. The van der Waals surface area contributed by atoms with Crippen LogP contribution in [0, 0.1) is 0 Å². The van der Waals surface area contributed by atoms with Gasteiger partial charge in [-0.3, -0.25) is 0 Å². The van der Waals surface area contributed by atoms with Crippen molar-refractivity contribution in [1.29, 1.82) is 0 Å². The molecule has 1 saturated heterocycles. The number of anilines is 1. The minimum atomic E-state index is 0.748. The molecule has 0 spiro atoms. The third-order valence-electron chi connectivity index (χ3n) is 4.93. The molecule has 1 aliphatic rings. The highest BCUT2D eigenvalue weighted by molar-refractivity contribution is 5.46. The maximum absolute atomic E-state index is 2.52. The Hall–Kier alpha value is -1.80. The molecule has 0 aliphatic carbocycles. The van der Waals surface area contributed by atoms with Gasteiger partial charge in [0.25, 0.3) is 0 Å². The fourth-order valence-corrected chi connectivity index (χ4v) is 3.42. The van der Waals surface area contributed by atoms with Crippen LogP contribution in [0.25, 0.3) is 0 Å². The molecule has 2 heteroatoms. The molecule has 1 N–H and O–H groups in total.